The normalized spacial score (nSPS) is 10.9. The number of amides is 2. The molecule has 0 saturated carbocycles. The summed E-state index contributed by atoms with van der Waals surface area (Å²) < 4.78 is 7.75. The fourth-order valence-corrected chi connectivity index (χ4v) is 3.92. The molecule has 1 heterocycles. The van der Waals surface area contributed by atoms with Gasteiger partial charge in [-0.25, -0.2) is 5.43 Å². The molecule has 2 N–H and O–H groups in total. The van der Waals surface area contributed by atoms with E-state index >= 15 is 0 Å². The molecule has 37 heavy (non-hydrogen) atoms. The molecule has 7 heteroatoms. The van der Waals surface area contributed by atoms with Crippen LogP contribution in [-0.4, -0.2) is 29.2 Å². The highest BCUT2D eigenvalue weighted by Crippen LogP contribution is 2.17. The zero-order valence-electron chi connectivity index (χ0n) is 21.4. The molecule has 3 aromatic carbocycles. The molecule has 0 unspecified atom stereocenters. The van der Waals surface area contributed by atoms with Crippen molar-refractivity contribution in [3.05, 3.63) is 113 Å². The lowest BCUT2D eigenvalue weighted by atomic mass is 10.1. The largest absolute Gasteiger partial charge is 0.484 e. The molecule has 0 atom stereocenters. The van der Waals surface area contributed by atoms with Gasteiger partial charge in [0.05, 0.1) is 6.21 Å². The quantitative estimate of drug-likeness (QED) is 0.251. The summed E-state index contributed by atoms with van der Waals surface area (Å²) in [6.45, 7) is 7.99. The number of benzene rings is 3. The van der Waals surface area contributed by atoms with Gasteiger partial charge in [0.15, 0.2) is 6.61 Å². The Kier molecular flexibility index (Phi) is 7.83. The van der Waals surface area contributed by atoms with Gasteiger partial charge >= 0.3 is 0 Å². The number of hydrogen-bond acceptors (Lipinski definition) is 4. The second-order valence-corrected chi connectivity index (χ2v) is 8.91. The van der Waals surface area contributed by atoms with Crippen LogP contribution in [0.3, 0.4) is 0 Å². The lowest BCUT2D eigenvalue weighted by Gasteiger charge is -2.10. The van der Waals surface area contributed by atoms with Gasteiger partial charge in [-0.3, -0.25) is 9.59 Å². The first-order chi connectivity index (χ1) is 17.8. The van der Waals surface area contributed by atoms with Crippen LogP contribution in [0.1, 0.15) is 38.4 Å². The van der Waals surface area contributed by atoms with Crippen LogP contribution in [0.4, 0.5) is 5.69 Å². The molecule has 0 saturated heterocycles. The first-order valence-electron chi connectivity index (χ1n) is 12.0. The minimum atomic E-state index is -0.306. The highest BCUT2D eigenvalue weighted by atomic mass is 16.5. The van der Waals surface area contributed by atoms with E-state index in [-0.39, 0.29) is 18.4 Å². The van der Waals surface area contributed by atoms with Crippen LogP contribution in [0, 0.1) is 27.7 Å². The number of aryl methyl sites for hydroxylation is 4. The lowest BCUT2D eigenvalue weighted by Crippen LogP contribution is -2.20. The molecule has 188 valence electrons. The summed E-state index contributed by atoms with van der Waals surface area (Å²) in [6, 6.07) is 24.4. The molecule has 0 aliphatic heterocycles. The van der Waals surface area contributed by atoms with E-state index in [1.807, 2.05) is 64.1 Å². The number of hydrazone groups is 1. The van der Waals surface area contributed by atoms with Gasteiger partial charge < -0.3 is 14.6 Å². The van der Waals surface area contributed by atoms with E-state index < -0.39 is 0 Å². The van der Waals surface area contributed by atoms with Crippen molar-refractivity contribution in [1.82, 2.24) is 9.99 Å². The van der Waals surface area contributed by atoms with E-state index in [9.17, 15) is 9.59 Å². The first-order valence-corrected chi connectivity index (χ1v) is 12.0. The number of ether oxygens (including phenoxy) is 1. The van der Waals surface area contributed by atoms with E-state index in [1.165, 1.54) is 11.8 Å². The van der Waals surface area contributed by atoms with Crippen LogP contribution in [0.25, 0.3) is 5.69 Å². The Labute approximate surface area is 216 Å². The molecule has 7 nitrogen and oxygen atoms in total. The van der Waals surface area contributed by atoms with Crippen molar-refractivity contribution in [2.75, 3.05) is 11.9 Å². The highest BCUT2D eigenvalue weighted by Gasteiger charge is 2.08. The number of aromatic nitrogens is 1. The highest BCUT2D eigenvalue weighted by molar-refractivity contribution is 5.95. The SMILES string of the molecule is Cc1ccc(NC(=O)COc2cccc(/C=N\NC(=O)c3ccc(-n4c(C)ccc4C)cc3)c2)cc1C. The average Bonchev–Trinajstić information content (AvgIpc) is 3.23. The molecule has 0 aliphatic carbocycles. The summed E-state index contributed by atoms with van der Waals surface area (Å²) in [6.07, 6.45) is 1.53. The number of carbonyl (C=O) groups is 2. The Balaban J connectivity index is 1.30. The van der Waals surface area contributed by atoms with Crippen LogP contribution in [0.2, 0.25) is 0 Å². The summed E-state index contributed by atoms with van der Waals surface area (Å²) in [5.41, 5.74) is 10.1. The molecular weight excluding hydrogens is 464 g/mol. The van der Waals surface area contributed by atoms with Gasteiger partial charge in [-0.1, -0.05) is 18.2 Å². The topological polar surface area (TPSA) is 84.7 Å². The lowest BCUT2D eigenvalue weighted by molar-refractivity contribution is -0.118. The van der Waals surface area contributed by atoms with Crippen LogP contribution in [-0.2, 0) is 4.79 Å². The van der Waals surface area contributed by atoms with Crippen molar-refractivity contribution >= 4 is 23.7 Å². The average molecular weight is 495 g/mol. The summed E-state index contributed by atoms with van der Waals surface area (Å²) in [5.74, 6) is -0.0291. The number of anilines is 1. The second kappa shape index (κ2) is 11.4. The third-order valence-corrected chi connectivity index (χ3v) is 6.06. The van der Waals surface area contributed by atoms with Gasteiger partial charge in [0, 0.05) is 28.3 Å². The third kappa shape index (κ3) is 6.52. The molecule has 0 fully saturated rings. The van der Waals surface area contributed by atoms with Gasteiger partial charge in [-0.15, -0.1) is 0 Å². The minimum Gasteiger partial charge on any atom is -0.484 e. The summed E-state index contributed by atoms with van der Waals surface area (Å²) >= 11 is 0. The third-order valence-electron chi connectivity index (χ3n) is 6.06. The maximum Gasteiger partial charge on any atom is 0.271 e. The van der Waals surface area contributed by atoms with Crippen LogP contribution < -0.4 is 15.5 Å². The summed E-state index contributed by atoms with van der Waals surface area (Å²) in [7, 11) is 0. The van der Waals surface area contributed by atoms with Crippen molar-refractivity contribution in [1.29, 1.82) is 0 Å². The molecule has 0 spiro atoms. The van der Waals surface area contributed by atoms with Crippen LogP contribution in [0.5, 0.6) is 5.75 Å². The second-order valence-electron chi connectivity index (χ2n) is 8.91. The number of carbonyl (C=O) groups excluding carboxylic acids is 2. The fourth-order valence-electron chi connectivity index (χ4n) is 3.92. The number of hydrogen-bond donors (Lipinski definition) is 2. The molecule has 4 aromatic rings. The minimum absolute atomic E-state index is 0.123. The number of rotatable bonds is 8. The van der Waals surface area contributed by atoms with Crippen molar-refractivity contribution in [3.8, 4) is 11.4 Å². The van der Waals surface area contributed by atoms with Crippen molar-refractivity contribution < 1.29 is 14.3 Å². The van der Waals surface area contributed by atoms with Crippen LogP contribution >= 0.6 is 0 Å². The monoisotopic (exact) mass is 494 g/mol. The maximum atomic E-state index is 12.5. The molecular formula is C30H30N4O3. The van der Waals surface area contributed by atoms with E-state index in [2.05, 4.69) is 32.5 Å². The molecule has 0 aliphatic rings. The van der Waals surface area contributed by atoms with Gasteiger partial charge in [-0.2, -0.15) is 5.10 Å². The maximum absolute atomic E-state index is 12.5. The molecule has 0 bridgehead atoms. The van der Waals surface area contributed by atoms with E-state index in [1.54, 1.807) is 30.3 Å². The Morgan fingerprint density at radius 3 is 2.30 bits per heavy atom. The van der Waals surface area contributed by atoms with E-state index in [4.69, 9.17) is 4.74 Å². The molecule has 4 rings (SSSR count). The van der Waals surface area contributed by atoms with Gasteiger partial charge in [0.1, 0.15) is 5.75 Å². The van der Waals surface area contributed by atoms with E-state index in [0.717, 1.165) is 33.9 Å². The fraction of sp³-hybridized carbons (Fsp3) is 0.167. The summed E-state index contributed by atoms with van der Waals surface area (Å²) in [5, 5.41) is 6.90. The summed E-state index contributed by atoms with van der Waals surface area (Å²) in [4.78, 5) is 24.8. The predicted molar refractivity (Wildman–Crippen MR) is 147 cm³/mol. The Bertz CT molecular complexity index is 1430. The standard InChI is InChI=1S/C30H30N4O3/c1-20-8-13-26(16-21(20)2)32-29(35)19-37-28-7-5-6-24(17-28)18-31-33-30(36)25-11-14-27(15-12-25)34-22(3)9-10-23(34)4/h5-18H,19H2,1-4H3,(H,32,35)(H,33,36)/b31-18-. The first kappa shape index (κ1) is 25.4. The number of nitrogens with one attached hydrogen (secondary N) is 2. The van der Waals surface area contributed by atoms with Crippen molar-refractivity contribution in [2.45, 2.75) is 27.7 Å². The van der Waals surface area contributed by atoms with Crippen molar-refractivity contribution in [3.63, 3.8) is 0 Å². The van der Waals surface area contributed by atoms with Crippen molar-refractivity contribution in [2.24, 2.45) is 5.10 Å². The molecule has 0 radical (unpaired) electrons. The van der Waals surface area contributed by atoms with E-state index in [0.29, 0.717) is 11.3 Å². The van der Waals surface area contributed by atoms with Gasteiger partial charge in [0.25, 0.3) is 11.8 Å². The Hall–Kier alpha value is -4.65. The smallest absolute Gasteiger partial charge is 0.271 e. The van der Waals surface area contributed by atoms with Crippen LogP contribution in [0.15, 0.2) is 84.0 Å². The van der Waals surface area contributed by atoms with Gasteiger partial charge in [0.2, 0.25) is 0 Å². The molecule has 2 amide bonds. The predicted octanol–water partition coefficient (Wildman–Crippen LogP) is 5.49. The Morgan fingerprint density at radius 2 is 1.59 bits per heavy atom. The zero-order chi connectivity index (χ0) is 26.4. The zero-order valence-corrected chi connectivity index (χ0v) is 21.4. The van der Waals surface area contributed by atoms with Gasteiger partial charge in [-0.05, 0) is 105 Å². The molecule has 1 aromatic heterocycles. The number of nitrogens with zero attached hydrogens (tertiary/aromatic N) is 2. The Morgan fingerprint density at radius 1 is 0.865 bits per heavy atom.